The fourth-order valence-corrected chi connectivity index (χ4v) is 5.07. The van der Waals surface area contributed by atoms with E-state index in [1.165, 1.54) is 0 Å². The maximum absolute atomic E-state index is 13.3. The average Bonchev–Trinajstić information content (AvgIpc) is 3.29. The van der Waals surface area contributed by atoms with Gasteiger partial charge in [-0.05, 0) is 29.1 Å². The number of benzene rings is 4. The lowest BCUT2D eigenvalue weighted by atomic mass is 10.1. The minimum absolute atomic E-state index is 0.112. The first-order valence-corrected chi connectivity index (χ1v) is 11.5. The van der Waals surface area contributed by atoms with Crippen LogP contribution in [0.5, 0.6) is 0 Å². The molecule has 0 radical (unpaired) electrons. The van der Waals surface area contributed by atoms with E-state index in [0.29, 0.717) is 29.1 Å². The van der Waals surface area contributed by atoms with Gasteiger partial charge in [-0.1, -0.05) is 78.9 Å². The minimum atomic E-state index is -3.82. The molecule has 5 rings (SSSR count). The predicted molar refractivity (Wildman–Crippen MR) is 123 cm³/mol. The fourth-order valence-electron chi connectivity index (χ4n) is 3.76. The van der Waals surface area contributed by atoms with Crippen LogP contribution in [0.15, 0.2) is 107 Å². The molecule has 0 saturated carbocycles. The summed E-state index contributed by atoms with van der Waals surface area (Å²) < 4.78 is 35.1. The molecule has 1 N–H and O–H groups in total. The monoisotopic (exact) mass is 428 g/mol. The summed E-state index contributed by atoms with van der Waals surface area (Å²) in [6, 6.07) is 29.6. The Kier molecular flexibility index (Phi) is 4.92. The molecular formula is C25H20N2O3S. The Labute approximate surface area is 181 Å². The van der Waals surface area contributed by atoms with Crippen LogP contribution in [0.2, 0.25) is 0 Å². The number of sulfonamides is 1. The zero-order valence-electron chi connectivity index (χ0n) is 16.6. The second-order valence-electron chi connectivity index (χ2n) is 7.30. The Hall–Kier alpha value is -3.64. The van der Waals surface area contributed by atoms with E-state index in [0.717, 1.165) is 10.9 Å². The normalized spacial score (nSPS) is 16.0. The van der Waals surface area contributed by atoms with Gasteiger partial charge in [-0.3, -0.25) is 4.72 Å². The third-order valence-electron chi connectivity index (χ3n) is 5.28. The molecule has 154 valence electrons. The van der Waals surface area contributed by atoms with E-state index >= 15 is 0 Å². The molecule has 4 aromatic rings. The van der Waals surface area contributed by atoms with Crippen molar-refractivity contribution < 1.29 is 13.2 Å². The third kappa shape index (κ3) is 3.78. The molecule has 0 unspecified atom stereocenters. The highest BCUT2D eigenvalue weighted by atomic mass is 32.2. The van der Waals surface area contributed by atoms with Crippen LogP contribution >= 0.6 is 0 Å². The molecule has 1 aliphatic heterocycles. The second-order valence-corrected chi connectivity index (χ2v) is 8.95. The molecule has 31 heavy (non-hydrogen) atoms. The maximum Gasteiger partial charge on any atom is 0.262 e. The second kappa shape index (κ2) is 7.89. The first-order chi connectivity index (χ1) is 15.1. The lowest BCUT2D eigenvalue weighted by molar-refractivity contribution is 0.320. The van der Waals surface area contributed by atoms with Crippen molar-refractivity contribution >= 4 is 32.4 Å². The molecule has 5 nitrogen and oxygen atoms in total. The Morgan fingerprint density at radius 3 is 2.39 bits per heavy atom. The number of ether oxygens (including phenoxy) is 1. The summed E-state index contributed by atoms with van der Waals surface area (Å²) in [5.74, 6) is 0.435. The van der Waals surface area contributed by atoms with Crippen LogP contribution in [0.3, 0.4) is 0 Å². The Morgan fingerprint density at radius 2 is 1.52 bits per heavy atom. The van der Waals surface area contributed by atoms with E-state index in [9.17, 15) is 8.42 Å². The number of fused-ring (bicyclic) bond motifs is 1. The fraction of sp³-hybridized carbons (Fsp3) is 0.0800. The SMILES string of the molecule is O=S(=O)(Nc1ccccc1C1=N[C@H](c2ccccc2)CO1)c1cccc2ccccc12. The van der Waals surface area contributed by atoms with Crippen molar-refractivity contribution in [3.05, 3.63) is 108 Å². The van der Waals surface area contributed by atoms with E-state index in [4.69, 9.17) is 9.73 Å². The van der Waals surface area contributed by atoms with Crippen LogP contribution in [0, 0.1) is 0 Å². The van der Waals surface area contributed by atoms with Gasteiger partial charge in [0.25, 0.3) is 10.0 Å². The highest BCUT2D eigenvalue weighted by Gasteiger charge is 2.25. The number of hydrogen-bond donors (Lipinski definition) is 1. The van der Waals surface area contributed by atoms with E-state index in [1.54, 1.807) is 24.3 Å². The standard InChI is InChI=1S/C25H20N2O3S/c28-31(29,24-16-8-12-18-9-4-5-13-20(18)24)27-22-15-7-6-14-21(22)25-26-23(17-30-25)19-10-2-1-3-11-19/h1-16,23,27H,17H2/t23-/m0/s1. The highest BCUT2D eigenvalue weighted by molar-refractivity contribution is 7.93. The zero-order chi connectivity index (χ0) is 21.3. The highest BCUT2D eigenvalue weighted by Crippen LogP contribution is 2.30. The van der Waals surface area contributed by atoms with E-state index in [2.05, 4.69) is 4.72 Å². The van der Waals surface area contributed by atoms with E-state index in [-0.39, 0.29) is 10.9 Å². The van der Waals surface area contributed by atoms with Crippen molar-refractivity contribution in [3.8, 4) is 0 Å². The van der Waals surface area contributed by atoms with Crippen molar-refractivity contribution in [2.45, 2.75) is 10.9 Å². The van der Waals surface area contributed by atoms with E-state index in [1.807, 2.05) is 72.8 Å². The van der Waals surface area contributed by atoms with Crippen LogP contribution in [0.1, 0.15) is 17.2 Å². The van der Waals surface area contributed by atoms with Crippen LogP contribution in [-0.4, -0.2) is 20.9 Å². The van der Waals surface area contributed by atoms with Gasteiger partial charge >= 0.3 is 0 Å². The number of rotatable bonds is 5. The average molecular weight is 429 g/mol. The summed E-state index contributed by atoms with van der Waals surface area (Å²) in [6.07, 6.45) is 0. The van der Waals surface area contributed by atoms with Crippen molar-refractivity contribution in [1.82, 2.24) is 0 Å². The summed E-state index contributed by atoms with van der Waals surface area (Å²) in [5, 5.41) is 1.54. The summed E-state index contributed by atoms with van der Waals surface area (Å²) in [6.45, 7) is 0.420. The number of nitrogens with one attached hydrogen (secondary N) is 1. The number of nitrogens with zero attached hydrogens (tertiary/aromatic N) is 1. The third-order valence-corrected chi connectivity index (χ3v) is 6.70. The van der Waals surface area contributed by atoms with Crippen molar-refractivity contribution in [2.24, 2.45) is 4.99 Å². The van der Waals surface area contributed by atoms with Gasteiger partial charge in [0.2, 0.25) is 5.90 Å². The van der Waals surface area contributed by atoms with Gasteiger partial charge in [0.05, 0.1) is 16.1 Å². The molecule has 0 fully saturated rings. The molecule has 1 heterocycles. The van der Waals surface area contributed by atoms with Crippen molar-refractivity contribution in [3.63, 3.8) is 0 Å². The van der Waals surface area contributed by atoms with Crippen LogP contribution in [-0.2, 0) is 14.8 Å². The first kappa shape index (κ1) is 19.3. The van der Waals surface area contributed by atoms with Gasteiger partial charge in [-0.15, -0.1) is 0 Å². The number of hydrogen-bond acceptors (Lipinski definition) is 4. The topological polar surface area (TPSA) is 67.8 Å². The summed E-state index contributed by atoms with van der Waals surface area (Å²) in [4.78, 5) is 4.93. The molecule has 1 aliphatic rings. The smallest absolute Gasteiger partial charge is 0.262 e. The van der Waals surface area contributed by atoms with Gasteiger partial charge in [-0.25, -0.2) is 13.4 Å². The minimum Gasteiger partial charge on any atom is -0.475 e. The molecule has 0 bridgehead atoms. The van der Waals surface area contributed by atoms with Crippen molar-refractivity contribution in [2.75, 3.05) is 11.3 Å². The molecule has 6 heteroatoms. The van der Waals surface area contributed by atoms with Gasteiger partial charge < -0.3 is 4.74 Å². The summed E-state index contributed by atoms with van der Waals surface area (Å²) in [5.41, 5.74) is 2.11. The molecule has 1 atom stereocenters. The van der Waals surface area contributed by atoms with E-state index < -0.39 is 10.0 Å². The Balaban J connectivity index is 1.50. The Bertz CT molecular complexity index is 1380. The summed E-state index contributed by atoms with van der Waals surface area (Å²) in [7, 11) is -3.82. The van der Waals surface area contributed by atoms with Crippen molar-refractivity contribution in [1.29, 1.82) is 0 Å². The van der Waals surface area contributed by atoms with Gasteiger partial charge in [0.15, 0.2) is 0 Å². The number of aliphatic imine (C=N–C) groups is 1. The quantitative estimate of drug-likeness (QED) is 0.477. The first-order valence-electron chi connectivity index (χ1n) is 9.97. The number of anilines is 1. The molecule has 0 aliphatic carbocycles. The number of para-hydroxylation sites is 1. The van der Waals surface area contributed by atoms with Crippen LogP contribution in [0.25, 0.3) is 10.8 Å². The van der Waals surface area contributed by atoms with Gasteiger partial charge in [-0.2, -0.15) is 0 Å². The lowest BCUT2D eigenvalue weighted by Crippen LogP contribution is -2.16. The van der Waals surface area contributed by atoms with Crippen LogP contribution < -0.4 is 4.72 Å². The molecule has 0 saturated heterocycles. The van der Waals surface area contributed by atoms with Gasteiger partial charge in [0, 0.05) is 5.39 Å². The van der Waals surface area contributed by atoms with Crippen LogP contribution in [0.4, 0.5) is 5.69 Å². The predicted octanol–water partition coefficient (Wildman–Crippen LogP) is 5.16. The maximum atomic E-state index is 13.3. The molecule has 0 aromatic heterocycles. The largest absolute Gasteiger partial charge is 0.475 e. The molecular weight excluding hydrogens is 408 g/mol. The zero-order valence-corrected chi connectivity index (χ0v) is 17.4. The molecule has 4 aromatic carbocycles. The molecule has 0 spiro atoms. The lowest BCUT2D eigenvalue weighted by Gasteiger charge is -2.13. The Morgan fingerprint density at radius 1 is 0.806 bits per heavy atom. The van der Waals surface area contributed by atoms with Gasteiger partial charge in [0.1, 0.15) is 12.6 Å². The molecule has 0 amide bonds. The summed E-state index contributed by atoms with van der Waals surface area (Å²) >= 11 is 0.